The normalized spacial score (nSPS) is 20.1. The average molecular weight is 242 g/mol. The second-order valence-corrected chi connectivity index (χ2v) is 4.68. The van der Waals surface area contributed by atoms with Gasteiger partial charge in [-0.15, -0.1) is 0 Å². The lowest BCUT2D eigenvalue weighted by Crippen LogP contribution is -2.47. The molecule has 17 heavy (non-hydrogen) atoms. The minimum absolute atomic E-state index is 0.0376. The molecule has 0 aromatic rings. The summed E-state index contributed by atoms with van der Waals surface area (Å²) in [6.07, 6.45) is 3.50. The van der Waals surface area contributed by atoms with Crippen LogP contribution in [-0.4, -0.2) is 53.6 Å². The van der Waals surface area contributed by atoms with Crippen molar-refractivity contribution in [2.45, 2.75) is 32.6 Å². The number of piperidine rings is 1. The minimum atomic E-state index is -0.793. The zero-order valence-electron chi connectivity index (χ0n) is 10.7. The molecule has 1 atom stereocenters. The monoisotopic (exact) mass is 242 g/mol. The number of urea groups is 1. The highest BCUT2D eigenvalue weighted by Gasteiger charge is 2.29. The molecule has 0 bridgehead atoms. The first kappa shape index (κ1) is 13.8. The van der Waals surface area contributed by atoms with E-state index in [9.17, 15) is 9.59 Å². The number of carbonyl (C=O) groups is 2. The zero-order chi connectivity index (χ0) is 12.8. The molecule has 1 fully saturated rings. The van der Waals surface area contributed by atoms with Crippen molar-refractivity contribution in [3.63, 3.8) is 0 Å². The molecule has 1 heterocycles. The Morgan fingerprint density at radius 1 is 1.47 bits per heavy atom. The van der Waals surface area contributed by atoms with Crippen molar-refractivity contribution in [3.8, 4) is 0 Å². The van der Waals surface area contributed by atoms with Crippen molar-refractivity contribution in [2.24, 2.45) is 5.92 Å². The Morgan fingerprint density at radius 2 is 2.18 bits per heavy atom. The Labute approximate surface area is 102 Å². The third-order valence-corrected chi connectivity index (χ3v) is 3.21. The maximum Gasteiger partial charge on any atom is 0.319 e. The van der Waals surface area contributed by atoms with E-state index in [0.29, 0.717) is 19.5 Å². The van der Waals surface area contributed by atoms with Crippen LogP contribution in [0, 0.1) is 5.92 Å². The second kappa shape index (κ2) is 6.47. The Balaban J connectivity index is 2.48. The standard InChI is InChI=1S/C12H22N2O3/c1-3-4-7-13(2)12(17)14-8-5-6-10(9-14)11(15)16/h10H,3-9H2,1-2H3,(H,15,16). The Bertz CT molecular complexity index is 281. The largest absolute Gasteiger partial charge is 0.481 e. The lowest BCUT2D eigenvalue weighted by molar-refractivity contribution is -0.143. The van der Waals surface area contributed by atoms with E-state index in [1.807, 2.05) is 0 Å². The molecule has 0 aliphatic carbocycles. The molecule has 98 valence electrons. The molecule has 1 saturated heterocycles. The van der Waals surface area contributed by atoms with Gasteiger partial charge in [0.15, 0.2) is 0 Å². The molecule has 5 heteroatoms. The SMILES string of the molecule is CCCCN(C)C(=O)N1CCCC(C(=O)O)C1. The van der Waals surface area contributed by atoms with Gasteiger partial charge in [0, 0.05) is 26.7 Å². The molecule has 5 nitrogen and oxygen atoms in total. The molecule has 1 aliphatic heterocycles. The highest BCUT2D eigenvalue weighted by atomic mass is 16.4. The van der Waals surface area contributed by atoms with Gasteiger partial charge in [-0.1, -0.05) is 13.3 Å². The molecule has 0 aromatic carbocycles. The quantitative estimate of drug-likeness (QED) is 0.815. The van der Waals surface area contributed by atoms with Crippen LogP contribution in [0.25, 0.3) is 0 Å². The summed E-state index contributed by atoms with van der Waals surface area (Å²) < 4.78 is 0. The number of carbonyl (C=O) groups excluding carboxylic acids is 1. The number of hydrogen-bond acceptors (Lipinski definition) is 2. The van der Waals surface area contributed by atoms with E-state index in [2.05, 4.69) is 6.92 Å². The van der Waals surface area contributed by atoms with E-state index in [0.717, 1.165) is 25.8 Å². The molecule has 0 saturated carbocycles. The number of aliphatic carboxylic acids is 1. The number of carboxylic acid groups (broad SMARTS) is 1. The Kier molecular flexibility index (Phi) is 5.25. The van der Waals surface area contributed by atoms with Crippen LogP contribution in [0.2, 0.25) is 0 Å². The summed E-state index contributed by atoms with van der Waals surface area (Å²) in [6.45, 7) is 3.85. The fourth-order valence-electron chi connectivity index (χ4n) is 2.08. The second-order valence-electron chi connectivity index (χ2n) is 4.68. The van der Waals surface area contributed by atoms with E-state index in [-0.39, 0.29) is 6.03 Å². The van der Waals surface area contributed by atoms with Crippen LogP contribution in [-0.2, 0) is 4.79 Å². The molecular formula is C12H22N2O3. The van der Waals surface area contributed by atoms with Gasteiger partial charge < -0.3 is 14.9 Å². The van der Waals surface area contributed by atoms with Crippen LogP contribution < -0.4 is 0 Å². The number of rotatable bonds is 4. The highest BCUT2D eigenvalue weighted by molar-refractivity contribution is 5.76. The van der Waals surface area contributed by atoms with Crippen molar-refractivity contribution >= 4 is 12.0 Å². The minimum Gasteiger partial charge on any atom is -0.481 e. The molecule has 1 aliphatic rings. The van der Waals surface area contributed by atoms with Crippen LogP contribution in [0.3, 0.4) is 0 Å². The molecule has 0 radical (unpaired) electrons. The average Bonchev–Trinajstić information content (AvgIpc) is 2.35. The van der Waals surface area contributed by atoms with Gasteiger partial charge in [-0.3, -0.25) is 4.79 Å². The topological polar surface area (TPSA) is 60.9 Å². The summed E-state index contributed by atoms with van der Waals surface area (Å²) in [5.74, 6) is -1.19. The van der Waals surface area contributed by atoms with Crippen LogP contribution in [0.15, 0.2) is 0 Å². The van der Waals surface area contributed by atoms with E-state index in [4.69, 9.17) is 5.11 Å². The predicted octanol–water partition coefficient (Wildman–Crippen LogP) is 1.63. The smallest absolute Gasteiger partial charge is 0.319 e. The molecule has 0 aromatic heterocycles. The van der Waals surface area contributed by atoms with Crippen LogP contribution in [0.1, 0.15) is 32.6 Å². The lowest BCUT2D eigenvalue weighted by Gasteiger charge is -2.33. The fraction of sp³-hybridized carbons (Fsp3) is 0.833. The highest BCUT2D eigenvalue weighted by Crippen LogP contribution is 2.17. The van der Waals surface area contributed by atoms with Crippen molar-refractivity contribution in [2.75, 3.05) is 26.7 Å². The predicted molar refractivity (Wildman–Crippen MR) is 64.9 cm³/mol. The number of likely N-dealkylation sites (tertiary alicyclic amines) is 1. The maximum absolute atomic E-state index is 12.0. The van der Waals surface area contributed by atoms with Crippen molar-refractivity contribution in [1.29, 1.82) is 0 Å². The summed E-state index contributed by atoms with van der Waals surface area (Å²) in [6, 6.07) is -0.0376. The van der Waals surface area contributed by atoms with Crippen LogP contribution in [0.5, 0.6) is 0 Å². The first-order valence-corrected chi connectivity index (χ1v) is 6.29. The van der Waals surface area contributed by atoms with Gasteiger partial charge in [-0.2, -0.15) is 0 Å². The van der Waals surface area contributed by atoms with E-state index in [1.165, 1.54) is 0 Å². The van der Waals surface area contributed by atoms with Gasteiger partial charge in [-0.05, 0) is 19.3 Å². The molecule has 1 unspecified atom stereocenters. The third-order valence-electron chi connectivity index (χ3n) is 3.21. The van der Waals surface area contributed by atoms with Crippen LogP contribution in [0.4, 0.5) is 4.79 Å². The van der Waals surface area contributed by atoms with Gasteiger partial charge in [0.25, 0.3) is 0 Å². The van der Waals surface area contributed by atoms with Gasteiger partial charge >= 0.3 is 12.0 Å². The molecule has 2 amide bonds. The number of unbranched alkanes of at least 4 members (excludes halogenated alkanes) is 1. The Hall–Kier alpha value is -1.26. The van der Waals surface area contributed by atoms with Gasteiger partial charge in [0.2, 0.25) is 0 Å². The Morgan fingerprint density at radius 3 is 2.76 bits per heavy atom. The first-order valence-electron chi connectivity index (χ1n) is 6.29. The molecule has 1 rings (SSSR count). The van der Waals surface area contributed by atoms with E-state index in [1.54, 1.807) is 16.8 Å². The number of nitrogens with zero attached hydrogens (tertiary/aromatic N) is 2. The molecular weight excluding hydrogens is 220 g/mol. The van der Waals surface area contributed by atoms with Crippen molar-refractivity contribution < 1.29 is 14.7 Å². The van der Waals surface area contributed by atoms with Gasteiger partial charge in [0.1, 0.15) is 0 Å². The van der Waals surface area contributed by atoms with E-state index >= 15 is 0 Å². The number of amides is 2. The van der Waals surface area contributed by atoms with Crippen molar-refractivity contribution in [1.82, 2.24) is 9.80 Å². The first-order chi connectivity index (χ1) is 8.06. The molecule has 1 N–H and O–H groups in total. The third kappa shape index (κ3) is 3.91. The fourth-order valence-corrected chi connectivity index (χ4v) is 2.08. The summed E-state index contributed by atoms with van der Waals surface area (Å²) in [7, 11) is 1.78. The summed E-state index contributed by atoms with van der Waals surface area (Å²) in [5.41, 5.74) is 0. The van der Waals surface area contributed by atoms with Crippen molar-refractivity contribution in [3.05, 3.63) is 0 Å². The summed E-state index contributed by atoms with van der Waals surface area (Å²) >= 11 is 0. The summed E-state index contributed by atoms with van der Waals surface area (Å²) in [4.78, 5) is 26.3. The zero-order valence-corrected chi connectivity index (χ0v) is 10.7. The lowest BCUT2D eigenvalue weighted by atomic mass is 9.99. The maximum atomic E-state index is 12.0. The van der Waals surface area contributed by atoms with Gasteiger partial charge in [0.05, 0.1) is 5.92 Å². The number of hydrogen-bond donors (Lipinski definition) is 1. The summed E-state index contributed by atoms with van der Waals surface area (Å²) in [5, 5.41) is 8.97. The van der Waals surface area contributed by atoms with E-state index < -0.39 is 11.9 Å². The number of carboxylic acids is 1. The molecule has 0 spiro atoms. The van der Waals surface area contributed by atoms with Gasteiger partial charge in [-0.25, -0.2) is 4.79 Å². The van der Waals surface area contributed by atoms with Crippen LogP contribution >= 0.6 is 0 Å².